The molecule has 0 unspecified atom stereocenters. The molecule has 568 valence electrons. The molecule has 0 radical (unpaired) electrons. The summed E-state index contributed by atoms with van der Waals surface area (Å²) < 4.78 is 26.4. The van der Waals surface area contributed by atoms with Gasteiger partial charge in [0.1, 0.15) is 44.7 Å². The van der Waals surface area contributed by atoms with Crippen molar-refractivity contribution in [3.63, 3.8) is 0 Å². The predicted molar refractivity (Wildman–Crippen MR) is 508 cm³/mol. The van der Waals surface area contributed by atoms with Crippen LogP contribution in [0.25, 0.3) is 177 Å². The lowest BCUT2D eigenvalue weighted by Gasteiger charge is -2.45. The fourth-order valence-electron chi connectivity index (χ4n) is 20.1. The van der Waals surface area contributed by atoms with E-state index in [0.29, 0.717) is 0 Å². The van der Waals surface area contributed by atoms with Crippen LogP contribution in [0.1, 0.15) is 0 Å². The monoisotopic (exact) mass is 1560 g/mol. The lowest BCUT2D eigenvalue weighted by atomic mass is 9.33. The molecule has 7 nitrogen and oxygen atoms in total. The van der Waals surface area contributed by atoms with Crippen LogP contribution in [0.5, 0.6) is 0 Å². The van der Waals surface area contributed by atoms with Crippen molar-refractivity contribution in [1.29, 1.82) is 0 Å². The van der Waals surface area contributed by atoms with E-state index in [2.05, 4.69) is 427 Å². The third-order valence-electron chi connectivity index (χ3n) is 25.3. The van der Waals surface area contributed by atoms with Crippen molar-refractivity contribution in [3.05, 3.63) is 425 Å². The van der Waals surface area contributed by atoms with Gasteiger partial charge in [0.25, 0.3) is 6.71 Å². The second-order valence-electron chi connectivity index (χ2n) is 31.9. The Labute approximate surface area is 703 Å². The van der Waals surface area contributed by atoms with Crippen molar-refractivity contribution in [2.75, 3.05) is 14.7 Å². The van der Waals surface area contributed by atoms with Crippen LogP contribution in [-0.2, 0) is 0 Å². The molecule has 19 aromatic carbocycles. The molecular formula is C114H70BN3O4. The lowest BCUT2D eigenvalue weighted by Crippen LogP contribution is -2.61. The predicted octanol–water partition coefficient (Wildman–Crippen LogP) is 30.2. The average Bonchev–Trinajstić information content (AvgIpc) is 0.861. The number of anilines is 9. The van der Waals surface area contributed by atoms with Gasteiger partial charge in [-0.05, 0) is 227 Å². The molecule has 0 bridgehead atoms. The summed E-state index contributed by atoms with van der Waals surface area (Å²) >= 11 is 0. The normalized spacial score (nSPS) is 12.4. The SMILES string of the molecule is c1ccc(N(c2ccccc2)c2cc3c4c(c2)N(c2ccc(-c5ccccc5-c5cccc6oc7ccccc7c56)cc2)c2ccc(-c5ccccc5-c5cccc6oc7ccccc7c56)cc2B4c2cc(-c4ccccc4-c4cccc5oc6ccccc6c45)ccc2N3c2ccc(-c3ccccc3-c3cccc4oc5ccccc5c34)cc2)cc1. The van der Waals surface area contributed by atoms with Gasteiger partial charge in [-0.15, -0.1) is 0 Å². The molecular weight excluding hydrogens is 1490 g/mol. The van der Waals surface area contributed by atoms with Crippen LogP contribution in [0.3, 0.4) is 0 Å². The van der Waals surface area contributed by atoms with E-state index in [1.54, 1.807) is 0 Å². The van der Waals surface area contributed by atoms with E-state index in [1.807, 2.05) is 12.1 Å². The van der Waals surface area contributed by atoms with E-state index in [9.17, 15) is 0 Å². The van der Waals surface area contributed by atoms with Gasteiger partial charge in [-0.3, -0.25) is 0 Å². The number of benzene rings is 19. The van der Waals surface area contributed by atoms with E-state index in [-0.39, 0.29) is 6.71 Å². The summed E-state index contributed by atoms with van der Waals surface area (Å²) in [6, 6.07) is 155. The molecule has 6 heterocycles. The number of nitrogens with zero attached hydrogens (tertiary/aromatic N) is 3. The molecule has 0 saturated heterocycles. The zero-order valence-electron chi connectivity index (χ0n) is 66.0. The quantitative estimate of drug-likeness (QED) is 0.107. The molecule has 0 aliphatic carbocycles. The lowest BCUT2D eigenvalue weighted by molar-refractivity contribution is 0.668. The average molecular weight is 1560 g/mol. The molecule has 23 aromatic rings. The smallest absolute Gasteiger partial charge is 0.252 e. The molecule has 122 heavy (non-hydrogen) atoms. The van der Waals surface area contributed by atoms with Crippen LogP contribution in [0.15, 0.2) is 442 Å². The maximum Gasteiger partial charge on any atom is 0.252 e. The molecule has 2 aliphatic rings. The Morgan fingerprint density at radius 2 is 0.451 bits per heavy atom. The van der Waals surface area contributed by atoms with Crippen molar-refractivity contribution >= 4 is 162 Å². The summed E-state index contributed by atoms with van der Waals surface area (Å²) in [5.41, 5.74) is 37.5. The van der Waals surface area contributed by atoms with E-state index in [4.69, 9.17) is 17.7 Å². The van der Waals surface area contributed by atoms with Gasteiger partial charge in [-0.2, -0.15) is 0 Å². The van der Waals surface area contributed by atoms with Gasteiger partial charge in [0.15, 0.2) is 0 Å². The van der Waals surface area contributed by atoms with Crippen molar-refractivity contribution in [2.45, 2.75) is 0 Å². The molecule has 25 rings (SSSR count). The molecule has 0 fully saturated rings. The molecule has 0 N–H and O–H groups in total. The Morgan fingerprint density at radius 3 is 0.779 bits per heavy atom. The van der Waals surface area contributed by atoms with Gasteiger partial charge in [0.05, 0.1) is 5.69 Å². The van der Waals surface area contributed by atoms with Crippen LogP contribution in [0.4, 0.5) is 51.2 Å². The highest BCUT2D eigenvalue weighted by molar-refractivity contribution is 7.00. The Morgan fingerprint density at radius 1 is 0.189 bits per heavy atom. The van der Waals surface area contributed by atoms with E-state index in [0.717, 1.165) is 239 Å². The highest BCUT2D eigenvalue weighted by Gasteiger charge is 2.45. The minimum absolute atomic E-state index is 0.351. The van der Waals surface area contributed by atoms with Crippen molar-refractivity contribution in [1.82, 2.24) is 0 Å². The number of fused-ring (bicyclic) bond motifs is 16. The molecule has 0 amide bonds. The Bertz CT molecular complexity index is 7710. The number of furan rings is 4. The maximum absolute atomic E-state index is 6.65. The minimum Gasteiger partial charge on any atom is -0.456 e. The van der Waals surface area contributed by atoms with Crippen molar-refractivity contribution in [3.8, 4) is 89.0 Å². The highest BCUT2D eigenvalue weighted by atomic mass is 16.3. The molecule has 8 heteroatoms. The van der Waals surface area contributed by atoms with Gasteiger partial charge < -0.3 is 32.4 Å². The Balaban J connectivity index is 0.752. The molecule has 2 aliphatic heterocycles. The number of hydrogen-bond acceptors (Lipinski definition) is 7. The first kappa shape index (κ1) is 69.0. The van der Waals surface area contributed by atoms with Gasteiger partial charge >= 0.3 is 0 Å². The van der Waals surface area contributed by atoms with Gasteiger partial charge in [0, 0.05) is 88.6 Å². The van der Waals surface area contributed by atoms with Crippen molar-refractivity contribution < 1.29 is 17.7 Å². The molecule has 0 saturated carbocycles. The Hall–Kier alpha value is -16.2. The van der Waals surface area contributed by atoms with Gasteiger partial charge in [-0.25, -0.2) is 0 Å². The second kappa shape index (κ2) is 27.8. The fourth-order valence-corrected chi connectivity index (χ4v) is 20.1. The standard InChI is InChI=1S/C114H70BN3O4/c1-3-27-75(28-4-1)116(76-29-5-2-6-30-76)79-69-100-114-101(70-79)118(78-63-57-72(58-64-78)81-32-8-12-36-85(81)89-44-24-52-107-111(89)93-40-16-20-48-103(93)120-107)99-66-60-74(83-34-10-14-38-87(83)91-46-26-54-109-113(91)95-42-18-22-50-105(95)122-109)68-97(99)115(114)96-67-73(82-33-9-13-37-86(82)90-45-25-53-108-112(90)94-41-17-21-49-104(94)121-108)59-65-98(96)117(100)77-61-55-71(56-62-77)80-31-7-11-35-84(80)88-43-23-51-106-110(88)92-39-15-19-47-102(92)119-106/h1-70H. The largest absolute Gasteiger partial charge is 0.456 e. The van der Waals surface area contributed by atoms with Gasteiger partial charge in [0.2, 0.25) is 0 Å². The van der Waals surface area contributed by atoms with Crippen LogP contribution in [0, 0.1) is 0 Å². The van der Waals surface area contributed by atoms with Crippen LogP contribution in [0.2, 0.25) is 0 Å². The van der Waals surface area contributed by atoms with E-state index < -0.39 is 0 Å². The number of para-hydroxylation sites is 6. The number of hydrogen-bond donors (Lipinski definition) is 0. The molecule has 0 spiro atoms. The zero-order chi connectivity index (χ0) is 80.0. The Kier molecular flexibility index (Phi) is 15.7. The van der Waals surface area contributed by atoms with Crippen LogP contribution in [-0.4, -0.2) is 6.71 Å². The summed E-state index contributed by atoms with van der Waals surface area (Å²) in [5.74, 6) is 0. The third-order valence-corrected chi connectivity index (χ3v) is 25.3. The van der Waals surface area contributed by atoms with E-state index in [1.165, 1.54) is 5.46 Å². The number of rotatable bonds is 13. The molecule has 0 atom stereocenters. The summed E-state index contributed by atoms with van der Waals surface area (Å²) in [6.45, 7) is -0.351. The third kappa shape index (κ3) is 10.9. The second-order valence-corrected chi connectivity index (χ2v) is 31.9. The fraction of sp³-hybridized carbons (Fsp3) is 0. The topological polar surface area (TPSA) is 62.3 Å². The first-order chi connectivity index (χ1) is 60.5. The summed E-state index contributed by atoms with van der Waals surface area (Å²) in [5, 5.41) is 8.75. The van der Waals surface area contributed by atoms with Crippen LogP contribution >= 0.6 is 0 Å². The van der Waals surface area contributed by atoms with E-state index >= 15 is 0 Å². The minimum atomic E-state index is -0.351. The highest BCUT2D eigenvalue weighted by Crippen LogP contribution is 2.53. The first-order valence-electron chi connectivity index (χ1n) is 41.7. The summed E-state index contributed by atoms with van der Waals surface area (Å²) in [6.07, 6.45) is 0. The van der Waals surface area contributed by atoms with Crippen molar-refractivity contribution in [2.24, 2.45) is 0 Å². The zero-order valence-corrected chi connectivity index (χ0v) is 66.0. The molecule has 4 aromatic heterocycles. The van der Waals surface area contributed by atoms with Gasteiger partial charge in [-0.1, -0.05) is 303 Å². The maximum atomic E-state index is 6.65. The van der Waals surface area contributed by atoms with Crippen LogP contribution < -0.4 is 31.1 Å². The first-order valence-corrected chi connectivity index (χ1v) is 41.7. The summed E-state index contributed by atoms with van der Waals surface area (Å²) in [4.78, 5) is 7.55. The summed E-state index contributed by atoms with van der Waals surface area (Å²) in [7, 11) is 0.